The molecule has 2 saturated heterocycles. The number of aromatic amines is 1. The van der Waals surface area contributed by atoms with Gasteiger partial charge in [0, 0.05) is 98.9 Å². The highest BCUT2D eigenvalue weighted by molar-refractivity contribution is 7.93. The highest BCUT2D eigenvalue weighted by atomic mass is 35.5. The van der Waals surface area contributed by atoms with Crippen LogP contribution in [0.15, 0.2) is 102 Å². The van der Waals surface area contributed by atoms with E-state index < -0.39 is 22.0 Å². The number of pyridine rings is 1. The predicted octanol–water partition coefficient (Wildman–Crippen LogP) is 6.65. The van der Waals surface area contributed by atoms with Crippen molar-refractivity contribution >= 4 is 44.3 Å². The zero-order chi connectivity index (χ0) is 40.8. The first-order valence-electron chi connectivity index (χ1n) is 20.4. The van der Waals surface area contributed by atoms with Crippen molar-refractivity contribution in [1.29, 1.82) is 0 Å². The Morgan fingerprint density at radius 3 is 2.63 bits per heavy atom. The van der Waals surface area contributed by atoms with Crippen molar-refractivity contribution in [3.8, 4) is 11.5 Å². The monoisotopic (exact) mass is 841 g/mol. The van der Waals surface area contributed by atoms with Gasteiger partial charge >= 0.3 is 0 Å². The van der Waals surface area contributed by atoms with Gasteiger partial charge < -0.3 is 29.5 Å². The third-order valence-electron chi connectivity index (χ3n) is 11.9. The Hall–Kier alpha value is -4.70. The molecule has 2 aliphatic carbocycles. The van der Waals surface area contributed by atoms with E-state index in [9.17, 15) is 13.2 Å². The Morgan fingerprint density at radius 1 is 1.02 bits per heavy atom. The third-order valence-corrected chi connectivity index (χ3v) is 13.5. The summed E-state index contributed by atoms with van der Waals surface area (Å²) in [6, 6.07) is 16.8. The number of benzene rings is 2. The van der Waals surface area contributed by atoms with Crippen LogP contribution >= 0.6 is 11.6 Å². The molecule has 4 aliphatic rings. The highest BCUT2D eigenvalue weighted by Gasteiger charge is 2.31. The SMILES string of the molecule is CONC1CC(S(=O)(=O)NC(=O)c2ccc(N3CCN(CC4CCC=CC4c4ccc(Cl)cc4)CC3)cc2Oc2cnc3[nH]ccc3c2)=CC=C1NCC1CCOCC1. The van der Waals surface area contributed by atoms with Crippen molar-refractivity contribution in [3.05, 3.63) is 118 Å². The van der Waals surface area contributed by atoms with E-state index >= 15 is 0 Å². The van der Waals surface area contributed by atoms with Gasteiger partial charge in [0.05, 0.1) is 29.8 Å². The summed E-state index contributed by atoms with van der Waals surface area (Å²) in [6.07, 6.45) is 15.5. The molecule has 2 aliphatic heterocycles. The van der Waals surface area contributed by atoms with Gasteiger partial charge in [-0.3, -0.25) is 9.69 Å². The topological polar surface area (TPSA) is 150 Å². The van der Waals surface area contributed by atoms with Gasteiger partial charge in [0.25, 0.3) is 15.9 Å². The van der Waals surface area contributed by atoms with Gasteiger partial charge in [-0.2, -0.15) is 5.48 Å². The van der Waals surface area contributed by atoms with Crippen LogP contribution in [0.5, 0.6) is 11.5 Å². The lowest BCUT2D eigenvalue weighted by molar-refractivity contribution is 0.0620. The van der Waals surface area contributed by atoms with Gasteiger partial charge in [0.2, 0.25) is 0 Å². The number of hydroxylamine groups is 1. The Bertz CT molecular complexity index is 2300. The molecule has 2 aromatic heterocycles. The molecule has 8 rings (SSSR count). The van der Waals surface area contributed by atoms with Crippen LogP contribution in [0.3, 0.4) is 0 Å². The number of hydrogen-bond acceptors (Lipinski definition) is 11. The zero-order valence-corrected chi connectivity index (χ0v) is 34.8. The molecule has 3 unspecified atom stereocenters. The van der Waals surface area contributed by atoms with Gasteiger partial charge in [0.15, 0.2) is 0 Å². The second-order valence-corrected chi connectivity index (χ2v) is 17.9. The van der Waals surface area contributed by atoms with E-state index in [4.69, 9.17) is 25.9 Å². The lowest BCUT2D eigenvalue weighted by atomic mass is 9.79. The minimum Gasteiger partial charge on any atom is -0.455 e. The molecule has 2 fully saturated rings. The van der Waals surface area contributed by atoms with Crippen LogP contribution in [-0.2, 0) is 19.6 Å². The van der Waals surface area contributed by atoms with E-state index in [1.165, 1.54) is 18.7 Å². The van der Waals surface area contributed by atoms with E-state index in [1.54, 1.807) is 24.5 Å². The molecular weight excluding hydrogens is 790 g/mol. The summed E-state index contributed by atoms with van der Waals surface area (Å²) in [4.78, 5) is 31.6. The molecule has 4 aromatic rings. The van der Waals surface area contributed by atoms with Gasteiger partial charge in [0.1, 0.15) is 17.1 Å². The fourth-order valence-electron chi connectivity index (χ4n) is 8.53. The number of carbonyl (C=O) groups excluding carboxylic acids is 1. The summed E-state index contributed by atoms with van der Waals surface area (Å²) in [6.45, 7) is 6.57. The summed E-state index contributed by atoms with van der Waals surface area (Å²) < 4.78 is 41.8. The van der Waals surface area contributed by atoms with E-state index in [2.05, 4.69) is 59.6 Å². The van der Waals surface area contributed by atoms with Gasteiger partial charge in [-0.05, 0) is 91.6 Å². The molecule has 59 heavy (non-hydrogen) atoms. The number of halogens is 1. The summed E-state index contributed by atoms with van der Waals surface area (Å²) >= 11 is 6.20. The molecule has 1 amide bonds. The highest BCUT2D eigenvalue weighted by Crippen LogP contribution is 2.36. The molecule has 4 N–H and O–H groups in total. The second kappa shape index (κ2) is 18.7. The first-order valence-corrected chi connectivity index (χ1v) is 22.3. The standard InChI is InChI=1S/C44H52ClN7O6S/c1-56-49-41-26-37(11-13-40(41)47-27-30-15-22-57-23-16-30)59(54,55)50-44(53)39-12-10-35(25-42(39)58-36-24-32-14-17-46-43(32)48-28-36)52-20-18-51(19-21-52)29-33-4-2-3-5-38(33)31-6-8-34(45)9-7-31/h3,5-14,17,24-25,28,30,33,38,41,47,49H,2,4,15-16,18-23,26-27,29H2,1H3,(H,46,48)(H,50,53). The molecular formula is C44H52ClN7O6S. The van der Waals surface area contributed by atoms with Crippen LogP contribution in [0, 0.1) is 11.8 Å². The number of carbonyl (C=O) groups is 1. The van der Waals surface area contributed by atoms with Gasteiger partial charge in [-0.15, -0.1) is 0 Å². The van der Waals surface area contributed by atoms with E-state index in [0.717, 1.165) is 100.0 Å². The van der Waals surface area contributed by atoms with Crippen LogP contribution in [0.2, 0.25) is 5.02 Å². The van der Waals surface area contributed by atoms with Gasteiger partial charge in [-0.25, -0.2) is 18.1 Å². The largest absolute Gasteiger partial charge is 0.455 e. The normalized spacial score (nSPS) is 21.9. The van der Waals surface area contributed by atoms with E-state index in [0.29, 0.717) is 29.2 Å². The molecule has 0 spiro atoms. The Balaban J connectivity index is 0.973. The lowest BCUT2D eigenvalue weighted by Gasteiger charge is -2.39. The quantitative estimate of drug-likeness (QED) is 0.0799. The number of nitrogens with one attached hydrogen (secondary N) is 4. The molecule has 4 heterocycles. The molecule has 0 radical (unpaired) electrons. The van der Waals surface area contributed by atoms with E-state index in [1.807, 2.05) is 36.4 Å². The molecule has 312 valence electrons. The molecule has 3 atom stereocenters. The average Bonchev–Trinajstić information content (AvgIpc) is 3.72. The van der Waals surface area contributed by atoms with Crippen molar-refractivity contribution in [1.82, 2.24) is 30.4 Å². The van der Waals surface area contributed by atoms with Crippen molar-refractivity contribution < 1.29 is 27.5 Å². The summed E-state index contributed by atoms with van der Waals surface area (Å²) in [7, 11) is -2.75. The number of aromatic nitrogens is 2. The number of amides is 1. The van der Waals surface area contributed by atoms with Crippen LogP contribution in [-0.4, -0.2) is 94.8 Å². The molecule has 0 saturated carbocycles. The fourth-order valence-corrected chi connectivity index (χ4v) is 9.77. The molecule has 2 aromatic carbocycles. The number of rotatable bonds is 14. The summed E-state index contributed by atoms with van der Waals surface area (Å²) in [5, 5.41) is 5.06. The first kappa shape index (κ1) is 41.1. The summed E-state index contributed by atoms with van der Waals surface area (Å²) in [5.41, 5.74) is 6.69. The number of anilines is 1. The van der Waals surface area contributed by atoms with Crippen molar-refractivity contribution in [2.24, 2.45) is 11.8 Å². The Kier molecular flexibility index (Phi) is 13.0. The fraction of sp³-hybridized carbons (Fsp3) is 0.409. The number of hydrogen-bond donors (Lipinski definition) is 4. The Labute approximate surface area is 350 Å². The number of allylic oxidation sites excluding steroid dienone is 4. The minimum atomic E-state index is -4.25. The zero-order valence-electron chi connectivity index (χ0n) is 33.2. The van der Waals surface area contributed by atoms with Gasteiger partial charge in [-0.1, -0.05) is 35.9 Å². The summed E-state index contributed by atoms with van der Waals surface area (Å²) in [5.74, 6) is 1.18. The lowest BCUT2D eigenvalue weighted by Crippen LogP contribution is -2.48. The Morgan fingerprint density at radius 2 is 1.83 bits per heavy atom. The smallest absolute Gasteiger partial charge is 0.268 e. The van der Waals surface area contributed by atoms with E-state index in [-0.39, 0.29) is 22.6 Å². The maximum Gasteiger partial charge on any atom is 0.268 e. The van der Waals surface area contributed by atoms with Crippen LogP contribution in [0.4, 0.5) is 5.69 Å². The van der Waals surface area contributed by atoms with Crippen molar-refractivity contribution in [3.63, 3.8) is 0 Å². The van der Waals surface area contributed by atoms with Crippen LogP contribution < -0.4 is 25.2 Å². The minimum absolute atomic E-state index is 0.0554. The van der Waals surface area contributed by atoms with Crippen molar-refractivity contribution in [2.45, 2.75) is 44.1 Å². The number of nitrogens with zero attached hydrogens (tertiary/aromatic N) is 3. The number of fused-ring (bicyclic) bond motifs is 1. The molecule has 0 bridgehead atoms. The number of sulfonamides is 1. The maximum atomic E-state index is 14.0. The predicted molar refractivity (Wildman–Crippen MR) is 230 cm³/mol. The number of ether oxygens (including phenoxy) is 2. The average molecular weight is 842 g/mol. The van der Waals surface area contributed by atoms with Crippen molar-refractivity contribution in [2.75, 3.05) is 64.5 Å². The van der Waals surface area contributed by atoms with Crippen LogP contribution in [0.25, 0.3) is 11.0 Å². The number of H-pyrrole nitrogens is 1. The van der Waals surface area contributed by atoms with Crippen LogP contribution in [0.1, 0.15) is 53.9 Å². The maximum absolute atomic E-state index is 14.0. The number of piperazine rings is 1. The third kappa shape index (κ3) is 10.0. The molecule has 13 nitrogen and oxygen atoms in total. The second-order valence-electron chi connectivity index (χ2n) is 15.7. The first-order chi connectivity index (χ1) is 28.7. The molecule has 15 heteroatoms.